The van der Waals surface area contributed by atoms with Gasteiger partial charge < -0.3 is 4.74 Å². The van der Waals surface area contributed by atoms with Crippen LogP contribution in [0.4, 0.5) is 0 Å². The molecule has 0 saturated carbocycles. The van der Waals surface area contributed by atoms with Gasteiger partial charge in [0.25, 0.3) is 0 Å². The molecule has 0 saturated heterocycles. The molecule has 2 heterocycles. The number of ether oxygens (including phenoxy) is 1. The SMILES string of the molecule is CCC(NC1c2ccccc2OC1(C)C)c1cccs1. The van der Waals surface area contributed by atoms with Gasteiger partial charge in [0.15, 0.2) is 0 Å². The fourth-order valence-corrected chi connectivity index (χ4v) is 3.78. The largest absolute Gasteiger partial charge is 0.486 e. The van der Waals surface area contributed by atoms with Crippen LogP contribution in [0.2, 0.25) is 0 Å². The molecule has 0 bridgehead atoms. The maximum absolute atomic E-state index is 6.11. The minimum atomic E-state index is -0.214. The Morgan fingerprint density at radius 3 is 2.75 bits per heavy atom. The molecule has 2 aromatic rings. The molecule has 0 aliphatic carbocycles. The van der Waals surface area contributed by atoms with Crippen molar-refractivity contribution in [3.05, 3.63) is 52.2 Å². The average molecular weight is 287 g/mol. The van der Waals surface area contributed by atoms with Gasteiger partial charge >= 0.3 is 0 Å². The molecule has 1 aliphatic rings. The molecule has 2 nitrogen and oxygen atoms in total. The minimum Gasteiger partial charge on any atom is -0.486 e. The predicted molar refractivity (Wildman–Crippen MR) is 84.4 cm³/mol. The Hall–Kier alpha value is -1.32. The van der Waals surface area contributed by atoms with Crippen LogP contribution >= 0.6 is 11.3 Å². The van der Waals surface area contributed by atoms with Crippen LogP contribution in [0.3, 0.4) is 0 Å². The van der Waals surface area contributed by atoms with Crippen molar-refractivity contribution >= 4 is 11.3 Å². The summed E-state index contributed by atoms with van der Waals surface area (Å²) in [6, 6.07) is 13.3. The van der Waals surface area contributed by atoms with Crippen molar-refractivity contribution in [2.75, 3.05) is 0 Å². The predicted octanol–water partition coefficient (Wildman–Crippen LogP) is 4.70. The molecule has 0 spiro atoms. The number of hydrogen-bond acceptors (Lipinski definition) is 3. The van der Waals surface area contributed by atoms with E-state index in [9.17, 15) is 0 Å². The monoisotopic (exact) mass is 287 g/mol. The molecule has 106 valence electrons. The first-order valence-electron chi connectivity index (χ1n) is 7.19. The molecule has 1 aromatic heterocycles. The van der Waals surface area contributed by atoms with Crippen molar-refractivity contribution < 1.29 is 4.74 Å². The highest BCUT2D eigenvalue weighted by Crippen LogP contribution is 2.44. The molecule has 0 fully saturated rings. The Kier molecular flexibility index (Phi) is 3.57. The van der Waals surface area contributed by atoms with Crippen molar-refractivity contribution in [1.82, 2.24) is 5.32 Å². The molecular weight excluding hydrogens is 266 g/mol. The molecule has 0 radical (unpaired) electrons. The maximum Gasteiger partial charge on any atom is 0.125 e. The molecule has 1 aromatic carbocycles. The number of thiophene rings is 1. The summed E-state index contributed by atoms with van der Waals surface area (Å²) in [6.07, 6.45) is 1.08. The summed E-state index contributed by atoms with van der Waals surface area (Å²) in [4.78, 5) is 1.40. The Balaban J connectivity index is 1.89. The Labute approximate surface area is 124 Å². The van der Waals surface area contributed by atoms with E-state index in [-0.39, 0.29) is 11.6 Å². The van der Waals surface area contributed by atoms with Crippen molar-refractivity contribution in [1.29, 1.82) is 0 Å². The highest BCUT2D eigenvalue weighted by Gasteiger charge is 2.41. The number of benzene rings is 1. The van der Waals surface area contributed by atoms with Gasteiger partial charge in [0.1, 0.15) is 11.4 Å². The Bertz CT molecular complexity index is 576. The summed E-state index contributed by atoms with van der Waals surface area (Å²) in [5.74, 6) is 1.01. The highest BCUT2D eigenvalue weighted by atomic mass is 32.1. The van der Waals surface area contributed by atoms with Gasteiger partial charge in [-0.1, -0.05) is 31.2 Å². The lowest BCUT2D eigenvalue weighted by atomic mass is 9.93. The summed E-state index contributed by atoms with van der Waals surface area (Å²) in [7, 11) is 0. The van der Waals surface area contributed by atoms with Crippen molar-refractivity contribution in [2.45, 2.75) is 44.9 Å². The van der Waals surface area contributed by atoms with Crippen LogP contribution in [0, 0.1) is 0 Å². The van der Waals surface area contributed by atoms with E-state index >= 15 is 0 Å². The average Bonchev–Trinajstić information content (AvgIpc) is 3.01. The lowest BCUT2D eigenvalue weighted by Crippen LogP contribution is -2.40. The van der Waals surface area contributed by atoms with E-state index in [4.69, 9.17) is 4.74 Å². The van der Waals surface area contributed by atoms with E-state index in [1.807, 2.05) is 17.4 Å². The first-order valence-corrected chi connectivity index (χ1v) is 8.07. The van der Waals surface area contributed by atoms with Gasteiger partial charge in [-0.3, -0.25) is 5.32 Å². The summed E-state index contributed by atoms with van der Waals surface area (Å²) >= 11 is 1.82. The molecule has 2 unspecified atom stereocenters. The van der Waals surface area contributed by atoms with Gasteiger partial charge in [0.2, 0.25) is 0 Å². The van der Waals surface area contributed by atoms with E-state index < -0.39 is 0 Å². The van der Waals surface area contributed by atoms with Crippen LogP contribution in [0.15, 0.2) is 41.8 Å². The van der Waals surface area contributed by atoms with Gasteiger partial charge in [-0.05, 0) is 37.8 Å². The first kappa shape index (κ1) is 13.7. The zero-order chi connectivity index (χ0) is 14.2. The van der Waals surface area contributed by atoms with Crippen LogP contribution in [0.1, 0.15) is 49.7 Å². The second-order valence-electron chi connectivity index (χ2n) is 5.82. The van der Waals surface area contributed by atoms with Gasteiger partial charge in [0.05, 0.1) is 6.04 Å². The van der Waals surface area contributed by atoms with Crippen LogP contribution in [0.25, 0.3) is 0 Å². The van der Waals surface area contributed by atoms with Gasteiger partial charge in [0, 0.05) is 16.5 Å². The van der Waals surface area contributed by atoms with Crippen molar-refractivity contribution in [3.63, 3.8) is 0 Å². The molecular formula is C17H21NOS. The second-order valence-corrected chi connectivity index (χ2v) is 6.80. The van der Waals surface area contributed by atoms with Gasteiger partial charge in [-0.15, -0.1) is 11.3 Å². The summed E-state index contributed by atoms with van der Waals surface area (Å²) < 4.78 is 6.11. The third kappa shape index (κ3) is 2.36. The molecule has 0 amide bonds. The van der Waals surface area contributed by atoms with Crippen LogP contribution in [-0.2, 0) is 0 Å². The smallest absolute Gasteiger partial charge is 0.125 e. The number of rotatable bonds is 4. The number of hydrogen-bond donors (Lipinski definition) is 1. The number of fused-ring (bicyclic) bond motifs is 1. The zero-order valence-corrected chi connectivity index (χ0v) is 13.0. The lowest BCUT2D eigenvalue weighted by Gasteiger charge is -2.30. The van der Waals surface area contributed by atoms with Gasteiger partial charge in [-0.2, -0.15) is 0 Å². The Morgan fingerprint density at radius 1 is 1.25 bits per heavy atom. The normalized spacial score (nSPS) is 21.2. The third-order valence-electron chi connectivity index (χ3n) is 3.96. The zero-order valence-electron chi connectivity index (χ0n) is 12.2. The maximum atomic E-state index is 6.11. The van der Waals surface area contributed by atoms with E-state index in [0.717, 1.165) is 12.2 Å². The van der Waals surface area contributed by atoms with Crippen LogP contribution in [-0.4, -0.2) is 5.60 Å². The standard InChI is InChI=1S/C17H21NOS/c1-4-13(15-10-7-11-20-15)18-16-12-8-5-6-9-14(12)19-17(16,2)3/h5-11,13,16,18H,4H2,1-3H3. The number of nitrogens with one attached hydrogen (secondary N) is 1. The van der Waals surface area contributed by atoms with Crippen LogP contribution in [0.5, 0.6) is 5.75 Å². The van der Waals surface area contributed by atoms with E-state index in [1.54, 1.807) is 0 Å². The quantitative estimate of drug-likeness (QED) is 0.880. The highest BCUT2D eigenvalue weighted by molar-refractivity contribution is 7.10. The fraction of sp³-hybridized carbons (Fsp3) is 0.412. The third-order valence-corrected chi connectivity index (χ3v) is 4.95. The second kappa shape index (κ2) is 5.23. The lowest BCUT2D eigenvalue weighted by molar-refractivity contribution is 0.0907. The molecule has 3 rings (SSSR count). The summed E-state index contributed by atoms with van der Waals surface area (Å²) in [5.41, 5.74) is 1.06. The molecule has 20 heavy (non-hydrogen) atoms. The summed E-state index contributed by atoms with van der Waals surface area (Å²) in [6.45, 7) is 6.55. The van der Waals surface area contributed by atoms with Crippen molar-refractivity contribution in [3.8, 4) is 5.75 Å². The van der Waals surface area contributed by atoms with Crippen LogP contribution < -0.4 is 10.1 Å². The minimum absolute atomic E-state index is 0.214. The molecule has 1 aliphatic heterocycles. The Morgan fingerprint density at radius 2 is 2.05 bits per heavy atom. The van der Waals surface area contributed by atoms with E-state index in [0.29, 0.717) is 6.04 Å². The molecule has 2 atom stereocenters. The molecule has 1 N–H and O–H groups in total. The van der Waals surface area contributed by atoms with E-state index in [2.05, 4.69) is 61.8 Å². The topological polar surface area (TPSA) is 21.3 Å². The first-order chi connectivity index (χ1) is 9.62. The van der Waals surface area contributed by atoms with E-state index in [1.165, 1.54) is 10.4 Å². The van der Waals surface area contributed by atoms with Crippen molar-refractivity contribution in [2.24, 2.45) is 0 Å². The molecule has 3 heteroatoms. The summed E-state index contributed by atoms with van der Waals surface area (Å²) in [5, 5.41) is 5.94. The fourth-order valence-electron chi connectivity index (χ4n) is 2.91. The van der Waals surface area contributed by atoms with Gasteiger partial charge in [-0.25, -0.2) is 0 Å². The number of para-hydroxylation sites is 1.